The lowest BCUT2D eigenvalue weighted by Gasteiger charge is -2.29. The number of pyridine rings is 1. The second-order valence-corrected chi connectivity index (χ2v) is 7.30. The summed E-state index contributed by atoms with van der Waals surface area (Å²) >= 11 is 0. The number of nitrogens with one attached hydrogen (secondary N) is 1. The van der Waals surface area contributed by atoms with Gasteiger partial charge in [0, 0.05) is 17.4 Å². The topological polar surface area (TPSA) is 85.3 Å². The molecule has 1 saturated carbocycles. The second-order valence-electron chi connectivity index (χ2n) is 7.30. The quantitative estimate of drug-likeness (QED) is 0.561. The zero-order chi connectivity index (χ0) is 20.0. The van der Waals surface area contributed by atoms with E-state index in [1.165, 1.54) is 6.20 Å². The molecule has 0 saturated heterocycles. The molecule has 0 spiro atoms. The fraction of sp³-hybridized carbons (Fsp3) is 0.238. The molecule has 1 fully saturated rings. The zero-order valence-corrected chi connectivity index (χ0v) is 15.7. The molecule has 1 N–H and O–H groups in total. The predicted octanol–water partition coefficient (Wildman–Crippen LogP) is 4.29. The summed E-state index contributed by atoms with van der Waals surface area (Å²) in [7, 11) is 0. The summed E-state index contributed by atoms with van der Waals surface area (Å²) in [6, 6.07) is 11.0. The predicted molar refractivity (Wildman–Crippen MR) is 104 cm³/mol. The molecule has 29 heavy (non-hydrogen) atoms. The average Bonchev–Trinajstić information content (AvgIpc) is 3.35. The highest BCUT2D eigenvalue weighted by Gasteiger charge is 2.44. The van der Waals surface area contributed by atoms with Gasteiger partial charge >= 0.3 is 0 Å². The van der Waals surface area contributed by atoms with Gasteiger partial charge < -0.3 is 9.84 Å². The van der Waals surface area contributed by atoms with E-state index in [2.05, 4.69) is 20.4 Å². The van der Waals surface area contributed by atoms with Crippen molar-refractivity contribution in [2.75, 3.05) is 5.32 Å². The van der Waals surface area contributed by atoms with Gasteiger partial charge in [0.1, 0.15) is 11.3 Å². The lowest BCUT2D eigenvalue weighted by atomic mass is 9.82. The Morgan fingerprint density at radius 3 is 2.93 bits per heavy atom. The number of rotatable bonds is 4. The van der Waals surface area contributed by atoms with E-state index in [-0.39, 0.29) is 11.8 Å². The molecule has 3 heterocycles. The molecule has 7 nitrogen and oxygen atoms in total. The van der Waals surface area contributed by atoms with Crippen LogP contribution in [-0.4, -0.2) is 25.4 Å². The summed E-state index contributed by atoms with van der Waals surface area (Å²) in [4.78, 5) is 21.3. The van der Waals surface area contributed by atoms with Gasteiger partial charge in [0.25, 0.3) is 11.8 Å². The van der Waals surface area contributed by atoms with Crippen LogP contribution < -0.4 is 5.32 Å². The second kappa shape index (κ2) is 6.51. The number of anilines is 1. The van der Waals surface area contributed by atoms with Crippen LogP contribution in [0.3, 0.4) is 0 Å². The van der Waals surface area contributed by atoms with Crippen LogP contribution in [0.5, 0.6) is 0 Å². The minimum Gasteiger partial charge on any atom is -0.335 e. The summed E-state index contributed by atoms with van der Waals surface area (Å²) < 4.78 is 21.4. The van der Waals surface area contributed by atoms with E-state index in [1.54, 1.807) is 16.7 Å². The number of imidazole rings is 1. The van der Waals surface area contributed by atoms with Gasteiger partial charge in [-0.25, -0.2) is 9.37 Å². The number of carbonyl (C=O) groups excluding carboxylic acids is 1. The number of amides is 1. The van der Waals surface area contributed by atoms with Crippen LogP contribution in [0.2, 0.25) is 0 Å². The summed E-state index contributed by atoms with van der Waals surface area (Å²) in [5, 5.41) is 6.84. The maximum absolute atomic E-state index is 14.5. The highest BCUT2D eigenvalue weighted by molar-refractivity contribution is 6.04. The summed E-state index contributed by atoms with van der Waals surface area (Å²) in [5.74, 6) is 0.0415. The molecule has 8 heteroatoms. The lowest BCUT2D eigenvalue weighted by molar-refractivity contribution is 0.0242. The number of fused-ring (bicyclic) bond motifs is 1. The summed E-state index contributed by atoms with van der Waals surface area (Å²) in [6.07, 6.45) is 4.95. The standard InChI is InChI=1S/C21H18FN5O2/c1-13-6-7-14(18-25-20(29-26-18)21(22)8-4-9-21)11-15(13)24-19(28)16-12-23-17-5-2-3-10-27(16)17/h2-3,5-7,10-12H,4,8-9H2,1H3,(H,24,28). The van der Waals surface area contributed by atoms with Crippen LogP contribution >= 0.6 is 0 Å². The highest BCUT2D eigenvalue weighted by atomic mass is 19.1. The fourth-order valence-corrected chi connectivity index (χ4v) is 3.41. The van der Waals surface area contributed by atoms with Gasteiger partial charge in [-0.3, -0.25) is 9.20 Å². The Kier molecular flexibility index (Phi) is 3.94. The van der Waals surface area contributed by atoms with Crippen molar-refractivity contribution in [1.82, 2.24) is 19.5 Å². The SMILES string of the molecule is Cc1ccc(-c2noc(C3(F)CCC3)n2)cc1NC(=O)c1cnc2ccccn12. The van der Waals surface area contributed by atoms with Crippen molar-refractivity contribution in [2.45, 2.75) is 31.9 Å². The lowest BCUT2D eigenvalue weighted by Crippen LogP contribution is -2.29. The van der Waals surface area contributed by atoms with E-state index in [4.69, 9.17) is 4.52 Å². The minimum atomic E-state index is -1.50. The largest absolute Gasteiger partial charge is 0.335 e. The van der Waals surface area contributed by atoms with Crippen molar-refractivity contribution in [3.05, 3.63) is 65.9 Å². The van der Waals surface area contributed by atoms with Crippen LogP contribution in [0.4, 0.5) is 10.1 Å². The van der Waals surface area contributed by atoms with Crippen molar-refractivity contribution in [3.63, 3.8) is 0 Å². The smallest absolute Gasteiger partial charge is 0.274 e. The van der Waals surface area contributed by atoms with Crippen molar-refractivity contribution >= 4 is 17.2 Å². The molecule has 1 aliphatic rings. The Hall–Kier alpha value is -3.55. The maximum Gasteiger partial charge on any atom is 0.274 e. The van der Waals surface area contributed by atoms with Gasteiger partial charge in [0.05, 0.1) is 6.20 Å². The van der Waals surface area contributed by atoms with Gasteiger partial charge in [-0.05, 0) is 49.9 Å². The number of hydrogen-bond acceptors (Lipinski definition) is 5. The van der Waals surface area contributed by atoms with E-state index in [9.17, 15) is 9.18 Å². The summed E-state index contributed by atoms with van der Waals surface area (Å²) in [5.41, 5.74) is 1.75. The third kappa shape index (κ3) is 2.97. The third-order valence-electron chi connectivity index (χ3n) is 5.35. The molecule has 146 valence electrons. The molecule has 1 aliphatic carbocycles. The van der Waals surface area contributed by atoms with Crippen molar-refractivity contribution in [1.29, 1.82) is 0 Å². The molecule has 0 aliphatic heterocycles. The zero-order valence-electron chi connectivity index (χ0n) is 15.7. The summed E-state index contributed by atoms with van der Waals surface area (Å²) in [6.45, 7) is 1.89. The van der Waals surface area contributed by atoms with Crippen molar-refractivity contribution in [3.8, 4) is 11.4 Å². The van der Waals surface area contributed by atoms with Gasteiger partial charge in [-0.2, -0.15) is 4.98 Å². The third-order valence-corrected chi connectivity index (χ3v) is 5.35. The van der Waals surface area contributed by atoms with E-state index < -0.39 is 5.67 Å². The molecule has 5 rings (SSSR count). The van der Waals surface area contributed by atoms with E-state index in [0.717, 1.165) is 12.0 Å². The Bertz CT molecular complexity index is 1220. The minimum absolute atomic E-state index is 0.0237. The van der Waals surface area contributed by atoms with Crippen molar-refractivity contribution < 1.29 is 13.7 Å². The first-order valence-electron chi connectivity index (χ1n) is 9.41. The average molecular weight is 391 g/mol. The molecule has 3 aromatic heterocycles. The van der Waals surface area contributed by atoms with E-state index >= 15 is 0 Å². The molecule has 0 atom stereocenters. The van der Waals surface area contributed by atoms with Gasteiger partial charge in [0.15, 0.2) is 5.67 Å². The van der Waals surface area contributed by atoms with E-state index in [1.807, 2.05) is 37.3 Å². The number of aryl methyl sites for hydroxylation is 1. The molecule has 1 amide bonds. The molecule has 1 aromatic carbocycles. The monoisotopic (exact) mass is 391 g/mol. The first-order valence-corrected chi connectivity index (χ1v) is 9.41. The van der Waals surface area contributed by atoms with Gasteiger partial charge in [-0.1, -0.05) is 23.4 Å². The number of alkyl halides is 1. The number of nitrogens with zero attached hydrogens (tertiary/aromatic N) is 4. The number of hydrogen-bond donors (Lipinski definition) is 1. The fourth-order valence-electron chi connectivity index (χ4n) is 3.41. The molecule has 0 unspecified atom stereocenters. The molecule has 4 aromatic rings. The molecular weight excluding hydrogens is 373 g/mol. The van der Waals surface area contributed by atoms with Crippen molar-refractivity contribution in [2.24, 2.45) is 0 Å². The van der Waals surface area contributed by atoms with Crippen LogP contribution in [-0.2, 0) is 5.67 Å². The first-order chi connectivity index (χ1) is 14.0. The molecule has 0 radical (unpaired) electrons. The van der Waals surface area contributed by atoms with Crippen LogP contribution in [0.15, 0.2) is 53.3 Å². The number of aromatic nitrogens is 4. The molecular formula is C21H18FN5O2. The number of benzene rings is 1. The Labute approximate surface area is 165 Å². The number of carbonyl (C=O) groups is 1. The normalized spacial score (nSPS) is 15.2. The molecule has 0 bridgehead atoms. The Morgan fingerprint density at radius 2 is 2.14 bits per heavy atom. The Balaban J connectivity index is 1.43. The van der Waals surface area contributed by atoms with Crippen LogP contribution in [0.1, 0.15) is 41.2 Å². The Morgan fingerprint density at radius 1 is 1.28 bits per heavy atom. The maximum atomic E-state index is 14.5. The number of halogens is 1. The van der Waals surface area contributed by atoms with Crippen LogP contribution in [0.25, 0.3) is 17.0 Å². The van der Waals surface area contributed by atoms with Gasteiger partial charge in [0.2, 0.25) is 5.82 Å². The van der Waals surface area contributed by atoms with Gasteiger partial charge in [-0.15, -0.1) is 0 Å². The first kappa shape index (κ1) is 17.5. The van der Waals surface area contributed by atoms with E-state index in [0.29, 0.717) is 41.3 Å². The van der Waals surface area contributed by atoms with Crippen LogP contribution in [0, 0.1) is 6.92 Å². The highest BCUT2D eigenvalue weighted by Crippen LogP contribution is 2.44.